The Morgan fingerprint density at radius 3 is 2.33 bits per heavy atom. The van der Waals surface area contributed by atoms with Gasteiger partial charge in [-0.1, -0.05) is 29.3 Å². The van der Waals surface area contributed by atoms with Crippen LogP contribution in [0.5, 0.6) is 0 Å². The Morgan fingerprint density at radius 1 is 1.08 bits per heavy atom. The van der Waals surface area contributed by atoms with E-state index in [-0.39, 0.29) is 19.0 Å². The number of amides is 3. The topological polar surface area (TPSA) is 81.7 Å². The van der Waals surface area contributed by atoms with E-state index in [4.69, 9.17) is 0 Å². The Hall–Kier alpha value is -2.08. The Labute approximate surface area is 143 Å². The lowest BCUT2D eigenvalue weighted by Gasteiger charge is -2.26. The van der Waals surface area contributed by atoms with Crippen molar-refractivity contribution in [2.24, 2.45) is 0 Å². The number of aliphatic hydroxyl groups is 1. The van der Waals surface area contributed by atoms with E-state index in [1.54, 1.807) is 4.90 Å². The van der Waals surface area contributed by atoms with Crippen LogP contribution in [-0.2, 0) is 4.79 Å². The number of aryl methyl sites for hydroxylation is 2. The predicted molar refractivity (Wildman–Crippen MR) is 92.7 cm³/mol. The van der Waals surface area contributed by atoms with E-state index in [1.165, 1.54) is 0 Å². The van der Waals surface area contributed by atoms with Crippen molar-refractivity contribution < 1.29 is 14.7 Å². The van der Waals surface area contributed by atoms with Crippen LogP contribution < -0.4 is 10.6 Å². The Kier molecular flexibility index (Phi) is 6.61. The summed E-state index contributed by atoms with van der Waals surface area (Å²) in [6.07, 6.45) is 2.45. The van der Waals surface area contributed by atoms with E-state index in [1.807, 2.05) is 32.0 Å². The third-order valence-corrected chi connectivity index (χ3v) is 4.19. The first kappa shape index (κ1) is 18.3. The number of piperidine rings is 1. The molecule has 1 aliphatic rings. The van der Waals surface area contributed by atoms with Crippen molar-refractivity contribution in [3.63, 3.8) is 0 Å². The van der Waals surface area contributed by atoms with Crippen molar-refractivity contribution in [1.29, 1.82) is 0 Å². The number of rotatable bonds is 5. The van der Waals surface area contributed by atoms with Gasteiger partial charge in [-0.3, -0.25) is 4.79 Å². The summed E-state index contributed by atoms with van der Waals surface area (Å²) in [5.74, 6) is -0.0558. The molecule has 0 radical (unpaired) electrons. The van der Waals surface area contributed by atoms with Crippen molar-refractivity contribution in [1.82, 2.24) is 15.5 Å². The van der Waals surface area contributed by atoms with Gasteiger partial charge in [0.2, 0.25) is 5.91 Å². The van der Waals surface area contributed by atoms with Crippen LogP contribution in [0.3, 0.4) is 0 Å². The first-order valence-corrected chi connectivity index (χ1v) is 8.51. The van der Waals surface area contributed by atoms with Gasteiger partial charge in [0.05, 0.1) is 12.6 Å². The fourth-order valence-corrected chi connectivity index (χ4v) is 2.98. The standard InChI is InChI=1S/C18H27N3O3/c1-13-8-14(2)10-15(9-13)16(22)11-19-18(24)20-12-17(23)21-6-4-3-5-7-21/h8-10,16,22H,3-7,11-12H2,1-2H3,(H2,19,20,24)/t16-/m1/s1. The van der Waals surface area contributed by atoms with Gasteiger partial charge in [0.1, 0.15) is 0 Å². The van der Waals surface area contributed by atoms with E-state index in [9.17, 15) is 14.7 Å². The maximum absolute atomic E-state index is 12.0. The van der Waals surface area contributed by atoms with Gasteiger partial charge >= 0.3 is 6.03 Å². The number of hydrogen-bond donors (Lipinski definition) is 3. The van der Waals surface area contributed by atoms with Gasteiger partial charge in [0.25, 0.3) is 0 Å². The molecule has 1 aliphatic heterocycles. The van der Waals surface area contributed by atoms with E-state index < -0.39 is 12.1 Å². The molecule has 1 heterocycles. The lowest BCUT2D eigenvalue weighted by molar-refractivity contribution is -0.130. The molecule has 1 aromatic rings. The molecule has 6 nitrogen and oxygen atoms in total. The summed E-state index contributed by atoms with van der Waals surface area (Å²) in [7, 11) is 0. The lowest BCUT2D eigenvalue weighted by Crippen LogP contribution is -2.45. The summed E-state index contributed by atoms with van der Waals surface area (Å²) in [4.78, 5) is 25.6. The molecule has 0 bridgehead atoms. The number of aliphatic hydroxyl groups excluding tert-OH is 1. The molecule has 0 aliphatic carbocycles. The number of hydrogen-bond acceptors (Lipinski definition) is 3. The van der Waals surface area contributed by atoms with Crippen molar-refractivity contribution >= 4 is 11.9 Å². The highest BCUT2D eigenvalue weighted by Gasteiger charge is 2.17. The van der Waals surface area contributed by atoms with Gasteiger partial charge < -0.3 is 20.6 Å². The Bertz CT molecular complexity index is 563. The van der Waals surface area contributed by atoms with Crippen molar-refractivity contribution in [2.45, 2.75) is 39.2 Å². The predicted octanol–water partition coefficient (Wildman–Crippen LogP) is 1.65. The van der Waals surface area contributed by atoms with Gasteiger partial charge in [0, 0.05) is 19.6 Å². The van der Waals surface area contributed by atoms with Crippen LogP contribution in [0, 0.1) is 13.8 Å². The number of carbonyl (C=O) groups is 2. The monoisotopic (exact) mass is 333 g/mol. The molecule has 1 aromatic carbocycles. The molecule has 0 spiro atoms. The zero-order chi connectivity index (χ0) is 17.5. The summed E-state index contributed by atoms with van der Waals surface area (Å²) >= 11 is 0. The first-order chi connectivity index (χ1) is 11.5. The maximum Gasteiger partial charge on any atom is 0.315 e. The van der Waals surface area contributed by atoms with Crippen LogP contribution >= 0.6 is 0 Å². The third-order valence-electron chi connectivity index (χ3n) is 4.19. The highest BCUT2D eigenvalue weighted by atomic mass is 16.3. The van der Waals surface area contributed by atoms with Crippen LogP contribution in [0.1, 0.15) is 42.1 Å². The zero-order valence-electron chi connectivity index (χ0n) is 14.5. The second-order valence-corrected chi connectivity index (χ2v) is 6.44. The van der Waals surface area contributed by atoms with Gasteiger partial charge in [0.15, 0.2) is 0 Å². The Balaban J connectivity index is 1.73. The van der Waals surface area contributed by atoms with E-state index >= 15 is 0 Å². The molecule has 6 heteroatoms. The molecule has 24 heavy (non-hydrogen) atoms. The number of nitrogens with one attached hydrogen (secondary N) is 2. The fraction of sp³-hybridized carbons (Fsp3) is 0.556. The number of nitrogens with zero attached hydrogens (tertiary/aromatic N) is 1. The molecule has 1 fully saturated rings. The normalized spacial score (nSPS) is 15.7. The SMILES string of the molecule is Cc1cc(C)cc([C@H](O)CNC(=O)NCC(=O)N2CCCCC2)c1. The smallest absolute Gasteiger partial charge is 0.315 e. The van der Waals surface area contributed by atoms with Crippen LogP contribution in [0.4, 0.5) is 4.79 Å². The molecular weight excluding hydrogens is 306 g/mol. The highest BCUT2D eigenvalue weighted by molar-refractivity contribution is 5.84. The van der Waals surface area contributed by atoms with Gasteiger partial charge in [-0.2, -0.15) is 0 Å². The molecule has 0 aromatic heterocycles. The van der Waals surface area contributed by atoms with Gasteiger partial charge in [-0.05, 0) is 38.7 Å². The summed E-state index contributed by atoms with van der Waals surface area (Å²) < 4.78 is 0. The van der Waals surface area contributed by atoms with Crippen molar-refractivity contribution in [2.75, 3.05) is 26.2 Å². The van der Waals surface area contributed by atoms with Crippen LogP contribution in [0.15, 0.2) is 18.2 Å². The van der Waals surface area contributed by atoms with Crippen LogP contribution in [-0.4, -0.2) is 48.1 Å². The maximum atomic E-state index is 12.0. The molecule has 0 unspecified atom stereocenters. The first-order valence-electron chi connectivity index (χ1n) is 8.51. The minimum Gasteiger partial charge on any atom is -0.387 e. The van der Waals surface area contributed by atoms with Crippen LogP contribution in [0.2, 0.25) is 0 Å². The number of urea groups is 1. The fourth-order valence-electron chi connectivity index (χ4n) is 2.98. The molecule has 2 rings (SSSR count). The summed E-state index contributed by atoms with van der Waals surface area (Å²) in [6, 6.07) is 5.39. The summed E-state index contributed by atoms with van der Waals surface area (Å²) in [5.41, 5.74) is 2.92. The molecule has 1 atom stereocenters. The second-order valence-electron chi connectivity index (χ2n) is 6.44. The quantitative estimate of drug-likeness (QED) is 0.766. The van der Waals surface area contributed by atoms with E-state index in [0.717, 1.165) is 49.0 Å². The van der Waals surface area contributed by atoms with E-state index in [0.29, 0.717) is 0 Å². The molecule has 3 N–H and O–H groups in total. The van der Waals surface area contributed by atoms with Gasteiger partial charge in [-0.15, -0.1) is 0 Å². The van der Waals surface area contributed by atoms with Crippen molar-refractivity contribution in [3.05, 3.63) is 34.9 Å². The van der Waals surface area contributed by atoms with Crippen LogP contribution in [0.25, 0.3) is 0 Å². The highest BCUT2D eigenvalue weighted by Crippen LogP contribution is 2.16. The molecule has 1 saturated heterocycles. The molecule has 0 saturated carbocycles. The molecular formula is C18H27N3O3. The lowest BCUT2D eigenvalue weighted by atomic mass is 10.0. The van der Waals surface area contributed by atoms with E-state index in [2.05, 4.69) is 10.6 Å². The zero-order valence-corrected chi connectivity index (χ0v) is 14.5. The summed E-state index contributed by atoms with van der Waals surface area (Å²) in [5, 5.41) is 15.3. The average Bonchev–Trinajstić information content (AvgIpc) is 2.57. The minimum atomic E-state index is -0.771. The second kappa shape index (κ2) is 8.68. The number of benzene rings is 1. The van der Waals surface area contributed by atoms with Gasteiger partial charge in [-0.25, -0.2) is 4.79 Å². The molecule has 132 valence electrons. The number of likely N-dealkylation sites (tertiary alicyclic amines) is 1. The average molecular weight is 333 g/mol. The molecule has 3 amide bonds. The third kappa shape index (κ3) is 5.53. The van der Waals surface area contributed by atoms with Crippen molar-refractivity contribution in [3.8, 4) is 0 Å². The Morgan fingerprint density at radius 2 is 1.71 bits per heavy atom. The number of carbonyl (C=O) groups excluding carboxylic acids is 2. The minimum absolute atomic E-state index is 0.00845. The summed E-state index contributed by atoms with van der Waals surface area (Å²) in [6.45, 7) is 5.57. The largest absolute Gasteiger partial charge is 0.387 e.